The Hall–Kier alpha value is -3.72. The molecule has 4 nitrogen and oxygen atoms in total. The molecule has 0 radical (unpaired) electrons. The molecular weight excluding hydrogens is 374 g/mol. The molecule has 1 fully saturated rings. The first-order chi connectivity index (χ1) is 14.0. The molecule has 2 atom stereocenters. The highest BCUT2D eigenvalue weighted by Gasteiger charge is 2.49. The highest BCUT2D eigenvalue weighted by Crippen LogP contribution is 2.43. The van der Waals surface area contributed by atoms with Crippen molar-refractivity contribution in [2.75, 3.05) is 0 Å². The lowest BCUT2D eigenvalue weighted by molar-refractivity contribution is 0.0460. The number of carbonyl (C=O) groups is 1. The molecule has 0 bridgehead atoms. The predicted octanol–water partition coefficient (Wildman–Crippen LogP) is 4.46. The van der Waals surface area contributed by atoms with E-state index >= 15 is 0 Å². The van der Waals surface area contributed by atoms with Crippen LogP contribution in [0.2, 0.25) is 0 Å². The van der Waals surface area contributed by atoms with Gasteiger partial charge >= 0.3 is 6.09 Å². The molecule has 0 unspecified atom stereocenters. The molecular formula is C23H16F2N2O2. The number of alkyl carbamates (subject to hydrolysis) is 1. The van der Waals surface area contributed by atoms with Crippen LogP contribution in [-0.4, -0.2) is 11.1 Å². The summed E-state index contributed by atoms with van der Waals surface area (Å²) in [4.78, 5) is 16.2. The molecule has 0 spiro atoms. The molecule has 2 heterocycles. The second-order valence-corrected chi connectivity index (χ2v) is 6.82. The van der Waals surface area contributed by atoms with Crippen LogP contribution in [0.25, 0.3) is 0 Å². The van der Waals surface area contributed by atoms with Gasteiger partial charge in [0.05, 0.1) is 0 Å². The van der Waals surface area contributed by atoms with Gasteiger partial charge < -0.3 is 10.1 Å². The van der Waals surface area contributed by atoms with Gasteiger partial charge in [-0.1, -0.05) is 30.0 Å². The van der Waals surface area contributed by atoms with Crippen molar-refractivity contribution < 1.29 is 18.3 Å². The second-order valence-electron chi connectivity index (χ2n) is 6.82. The van der Waals surface area contributed by atoms with Gasteiger partial charge in [0.2, 0.25) is 0 Å². The van der Waals surface area contributed by atoms with Crippen LogP contribution in [0.3, 0.4) is 0 Å². The number of amides is 1. The lowest BCUT2D eigenvalue weighted by atomic mass is 9.84. The number of hydrogen-bond donors (Lipinski definition) is 1. The molecule has 1 aliphatic rings. The maximum absolute atomic E-state index is 14.4. The minimum absolute atomic E-state index is 0.0541. The Morgan fingerprint density at radius 2 is 1.79 bits per heavy atom. The molecule has 1 amide bonds. The van der Waals surface area contributed by atoms with E-state index < -0.39 is 29.4 Å². The molecule has 144 valence electrons. The van der Waals surface area contributed by atoms with Gasteiger partial charge in [0, 0.05) is 29.1 Å². The summed E-state index contributed by atoms with van der Waals surface area (Å²) < 4.78 is 33.6. The van der Waals surface area contributed by atoms with Crippen molar-refractivity contribution in [2.45, 2.75) is 18.6 Å². The topological polar surface area (TPSA) is 51.2 Å². The summed E-state index contributed by atoms with van der Waals surface area (Å²) in [5.74, 6) is 4.78. The van der Waals surface area contributed by atoms with Crippen molar-refractivity contribution >= 4 is 6.09 Å². The number of aromatic nitrogens is 1. The Labute approximate surface area is 166 Å². The van der Waals surface area contributed by atoms with E-state index in [0.717, 1.165) is 23.8 Å². The number of carbonyl (C=O) groups excluding carboxylic acids is 1. The van der Waals surface area contributed by atoms with Crippen LogP contribution in [0, 0.1) is 23.5 Å². The van der Waals surface area contributed by atoms with Crippen LogP contribution < -0.4 is 5.32 Å². The molecule has 1 aliphatic heterocycles. The van der Waals surface area contributed by atoms with Gasteiger partial charge in [0.25, 0.3) is 0 Å². The van der Waals surface area contributed by atoms with Crippen molar-refractivity contribution in [3.8, 4) is 11.8 Å². The van der Waals surface area contributed by atoms with Gasteiger partial charge in [-0.05, 0) is 48.9 Å². The summed E-state index contributed by atoms with van der Waals surface area (Å²) >= 11 is 0. The number of benzene rings is 2. The van der Waals surface area contributed by atoms with Crippen LogP contribution in [0.5, 0.6) is 0 Å². The highest BCUT2D eigenvalue weighted by molar-refractivity contribution is 5.72. The quantitative estimate of drug-likeness (QED) is 0.658. The van der Waals surface area contributed by atoms with Gasteiger partial charge in [-0.25, -0.2) is 13.6 Å². The minimum atomic E-state index is -1.45. The Morgan fingerprint density at radius 1 is 1.03 bits per heavy atom. The summed E-state index contributed by atoms with van der Waals surface area (Å²) in [5.41, 5.74) is 0.538. The van der Waals surface area contributed by atoms with E-state index in [1.807, 2.05) is 30.3 Å². The highest BCUT2D eigenvalue weighted by atomic mass is 19.1. The average molecular weight is 390 g/mol. The van der Waals surface area contributed by atoms with Crippen LogP contribution in [0.4, 0.5) is 13.6 Å². The zero-order valence-electron chi connectivity index (χ0n) is 15.4. The Balaban J connectivity index is 1.73. The lowest BCUT2D eigenvalue weighted by Crippen LogP contribution is -2.32. The number of cyclic esters (lactones) is 1. The van der Waals surface area contributed by atoms with Crippen molar-refractivity contribution in [3.63, 3.8) is 0 Å². The van der Waals surface area contributed by atoms with Gasteiger partial charge in [-0.2, -0.15) is 0 Å². The monoisotopic (exact) mass is 390 g/mol. The van der Waals surface area contributed by atoms with E-state index in [1.165, 1.54) is 6.92 Å². The molecule has 29 heavy (non-hydrogen) atoms. The SMILES string of the molecule is C[C@@]1(c2cc(F)ccc2F)OC(=O)N[C@@H]1c1cncc(C#Cc2ccccc2)c1. The third-order valence-corrected chi connectivity index (χ3v) is 4.80. The summed E-state index contributed by atoms with van der Waals surface area (Å²) in [6.45, 7) is 1.54. The molecule has 4 rings (SSSR count). The fraction of sp³-hybridized carbons (Fsp3) is 0.130. The summed E-state index contributed by atoms with van der Waals surface area (Å²) in [6.07, 6.45) is 2.42. The first kappa shape index (κ1) is 18.6. The second kappa shape index (κ2) is 7.36. The maximum atomic E-state index is 14.4. The fourth-order valence-corrected chi connectivity index (χ4v) is 3.38. The summed E-state index contributed by atoms with van der Waals surface area (Å²) in [7, 11) is 0. The van der Waals surface area contributed by atoms with Crippen LogP contribution in [0.1, 0.15) is 35.2 Å². The molecule has 3 aromatic rings. The Kier molecular flexibility index (Phi) is 4.73. The van der Waals surface area contributed by atoms with Gasteiger partial charge in [0.15, 0.2) is 5.60 Å². The third kappa shape index (κ3) is 3.67. The first-order valence-corrected chi connectivity index (χ1v) is 8.93. The number of rotatable bonds is 2. The zero-order valence-corrected chi connectivity index (χ0v) is 15.4. The molecule has 1 saturated heterocycles. The molecule has 0 saturated carbocycles. The van der Waals surface area contributed by atoms with Gasteiger partial charge in [-0.3, -0.25) is 4.98 Å². The van der Waals surface area contributed by atoms with Crippen molar-refractivity contribution in [1.29, 1.82) is 0 Å². The Morgan fingerprint density at radius 3 is 2.59 bits per heavy atom. The molecule has 1 N–H and O–H groups in total. The van der Waals surface area contributed by atoms with E-state index in [4.69, 9.17) is 4.74 Å². The molecule has 0 aliphatic carbocycles. The van der Waals surface area contributed by atoms with Gasteiger partial charge in [0.1, 0.15) is 17.7 Å². The van der Waals surface area contributed by atoms with Crippen molar-refractivity contribution in [3.05, 3.63) is 101 Å². The number of nitrogens with zero attached hydrogens (tertiary/aromatic N) is 1. The van der Waals surface area contributed by atoms with Crippen LogP contribution in [0.15, 0.2) is 67.0 Å². The summed E-state index contributed by atoms with van der Waals surface area (Å²) in [6, 6.07) is 13.5. The van der Waals surface area contributed by atoms with E-state index in [-0.39, 0.29) is 5.56 Å². The summed E-state index contributed by atoms with van der Waals surface area (Å²) in [5, 5.41) is 2.67. The molecule has 2 aromatic carbocycles. The van der Waals surface area contributed by atoms with E-state index in [0.29, 0.717) is 11.1 Å². The average Bonchev–Trinajstić information content (AvgIpc) is 3.04. The normalized spacial score (nSPS) is 20.4. The standard InChI is InChI=1S/C23H16F2N2O2/c1-23(19-12-18(24)9-10-20(19)25)21(27-22(28)29-23)17-11-16(13-26-14-17)8-7-15-5-3-2-4-6-15/h2-6,9-14,21H,1H3,(H,27,28)/t21-,23+/m1/s1. The van der Waals surface area contributed by atoms with E-state index in [9.17, 15) is 13.6 Å². The molecule has 1 aromatic heterocycles. The van der Waals surface area contributed by atoms with Crippen LogP contribution >= 0.6 is 0 Å². The van der Waals surface area contributed by atoms with Gasteiger partial charge in [-0.15, -0.1) is 0 Å². The minimum Gasteiger partial charge on any atom is -0.436 e. The number of halogens is 2. The number of nitrogens with one attached hydrogen (secondary N) is 1. The number of ether oxygens (including phenoxy) is 1. The predicted molar refractivity (Wildman–Crippen MR) is 103 cm³/mol. The largest absolute Gasteiger partial charge is 0.436 e. The van der Waals surface area contributed by atoms with Crippen molar-refractivity contribution in [1.82, 2.24) is 10.3 Å². The first-order valence-electron chi connectivity index (χ1n) is 8.93. The molecule has 6 heteroatoms. The third-order valence-electron chi connectivity index (χ3n) is 4.80. The zero-order chi connectivity index (χ0) is 20.4. The van der Waals surface area contributed by atoms with E-state index in [2.05, 4.69) is 22.1 Å². The van der Waals surface area contributed by atoms with E-state index in [1.54, 1.807) is 18.5 Å². The lowest BCUT2D eigenvalue weighted by Gasteiger charge is -2.29. The Bertz CT molecular complexity index is 1140. The smallest absolute Gasteiger partial charge is 0.408 e. The maximum Gasteiger partial charge on any atom is 0.408 e. The number of hydrogen-bond acceptors (Lipinski definition) is 3. The number of pyridine rings is 1. The fourth-order valence-electron chi connectivity index (χ4n) is 3.38. The van der Waals surface area contributed by atoms with Crippen LogP contribution in [-0.2, 0) is 10.3 Å². The van der Waals surface area contributed by atoms with Crippen molar-refractivity contribution in [2.24, 2.45) is 0 Å².